The van der Waals surface area contributed by atoms with Crippen molar-refractivity contribution in [3.63, 3.8) is 0 Å². The van der Waals surface area contributed by atoms with E-state index in [0.29, 0.717) is 41.1 Å². The Bertz CT molecular complexity index is 1520. The molecule has 14 heteroatoms. The van der Waals surface area contributed by atoms with Crippen LogP contribution in [0, 0.1) is 6.92 Å². The van der Waals surface area contributed by atoms with Gasteiger partial charge in [-0.2, -0.15) is 18.3 Å². The molecule has 0 spiro atoms. The third-order valence-corrected chi connectivity index (χ3v) is 5.30. The topological polar surface area (TPSA) is 155 Å². The first kappa shape index (κ1) is 30.7. The molecule has 3 aromatic heterocycles. The minimum Gasteiger partial charge on any atom is -0.395 e. The molecule has 0 saturated heterocycles. The number of aryl methyl sites for hydroxylation is 1. The standard InChI is InChI=1S/C25H20F3N7O3.C2H7N/c1-14-2-3-17(32-23(38)22-9-16(12-31-35-22)25(26,27)28)10-19(14)21-11-20(33-24(34-21)30-6-7-36)15-4-5-29-18(8-15)13-37;1-3-2/h2-5,8-13,36H,6-7H2,1H3,(H,32,38)(H,30,33,34);3H,1-2H3. The Morgan fingerprint density at radius 1 is 1.05 bits per heavy atom. The lowest BCUT2D eigenvalue weighted by atomic mass is 10.0. The molecule has 0 aliphatic rings. The summed E-state index contributed by atoms with van der Waals surface area (Å²) in [6, 6.07) is 10.4. The highest BCUT2D eigenvalue weighted by atomic mass is 19.4. The van der Waals surface area contributed by atoms with Crippen LogP contribution in [0.4, 0.5) is 24.8 Å². The van der Waals surface area contributed by atoms with Crippen LogP contribution >= 0.6 is 0 Å². The largest absolute Gasteiger partial charge is 0.418 e. The highest BCUT2D eigenvalue weighted by Crippen LogP contribution is 2.31. The predicted molar refractivity (Wildman–Crippen MR) is 146 cm³/mol. The number of amides is 1. The lowest BCUT2D eigenvalue weighted by Gasteiger charge is -2.13. The van der Waals surface area contributed by atoms with Crippen LogP contribution in [-0.4, -0.2) is 69.7 Å². The first-order chi connectivity index (χ1) is 19.6. The van der Waals surface area contributed by atoms with Crippen LogP contribution in [0.5, 0.6) is 0 Å². The van der Waals surface area contributed by atoms with Gasteiger partial charge < -0.3 is 21.1 Å². The van der Waals surface area contributed by atoms with Gasteiger partial charge in [-0.05, 0) is 63.0 Å². The first-order valence-corrected chi connectivity index (χ1v) is 12.2. The van der Waals surface area contributed by atoms with Crippen molar-refractivity contribution >= 4 is 23.8 Å². The van der Waals surface area contributed by atoms with Crippen LogP contribution in [0.3, 0.4) is 0 Å². The molecule has 0 radical (unpaired) electrons. The number of hydrogen-bond acceptors (Lipinski definition) is 10. The molecule has 0 aliphatic carbocycles. The second-order valence-corrected chi connectivity index (χ2v) is 8.51. The molecule has 4 N–H and O–H groups in total. The monoisotopic (exact) mass is 568 g/mol. The SMILES string of the molecule is CNC.Cc1ccc(NC(=O)c2cc(C(F)(F)F)cnn2)cc1-c1cc(-c2ccnc(C=O)c2)nc(NCCO)n1. The molecule has 0 saturated carbocycles. The number of rotatable bonds is 8. The molecule has 3 heterocycles. The number of anilines is 2. The van der Waals surface area contributed by atoms with Crippen LogP contribution in [-0.2, 0) is 6.18 Å². The Morgan fingerprint density at radius 2 is 1.78 bits per heavy atom. The van der Waals surface area contributed by atoms with Crippen molar-refractivity contribution in [3.8, 4) is 22.5 Å². The van der Waals surface area contributed by atoms with Gasteiger partial charge in [-0.1, -0.05) is 6.07 Å². The van der Waals surface area contributed by atoms with Crippen LogP contribution in [0.1, 0.15) is 32.1 Å². The highest BCUT2D eigenvalue weighted by molar-refractivity contribution is 6.03. The molecule has 1 amide bonds. The number of carbonyl (C=O) groups is 2. The maximum absolute atomic E-state index is 13.0. The summed E-state index contributed by atoms with van der Waals surface area (Å²) >= 11 is 0. The number of aliphatic hydroxyl groups is 1. The number of aromatic nitrogens is 5. The number of halogens is 3. The van der Waals surface area contributed by atoms with Gasteiger partial charge in [0.25, 0.3) is 5.91 Å². The van der Waals surface area contributed by atoms with E-state index in [9.17, 15) is 27.9 Å². The van der Waals surface area contributed by atoms with Crippen LogP contribution in [0.2, 0.25) is 0 Å². The average Bonchev–Trinajstić information content (AvgIpc) is 2.97. The fourth-order valence-electron chi connectivity index (χ4n) is 3.46. The number of pyridine rings is 1. The molecular weight excluding hydrogens is 541 g/mol. The number of nitrogens with zero attached hydrogens (tertiary/aromatic N) is 5. The van der Waals surface area contributed by atoms with E-state index < -0.39 is 23.3 Å². The molecule has 0 aliphatic heterocycles. The van der Waals surface area contributed by atoms with Crippen molar-refractivity contribution in [1.29, 1.82) is 0 Å². The summed E-state index contributed by atoms with van der Waals surface area (Å²) < 4.78 is 39.0. The number of aldehydes is 1. The van der Waals surface area contributed by atoms with Crippen LogP contribution < -0.4 is 16.0 Å². The molecule has 41 heavy (non-hydrogen) atoms. The smallest absolute Gasteiger partial charge is 0.395 e. The van der Waals surface area contributed by atoms with E-state index in [1.807, 2.05) is 21.0 Å². The molecule has 4 rings (SSSR count). The number of nitrogens with one attached hydrogen (secondary N) is 3. The van der Waals surface area contributed by atoms with Gasteiger partial charge in [-0.25, -0.2) is 9.97 Å². The second-order valence-electron chi connectivity index (χ2n) is 8.51. The number of alkyl halides is 3. The summed E-state index contributed by atoms with van der Waals surface area (Å²) in [5.41, 5.74) is 1.81. The van der Waals surface area contributed by atoms with E-state index in [2.05, 4.69) is 41.1 Å². The fraction of sp³-hybridized carbons (Fsp3) is 0.222. The van der Waals surface area contributed by atoms with Crippen molar-refractivity contribution in [2.75, 3.05) is 37.9 Å². The molecule has 0 fully saturated rings. The zero-order valence-electron chi connectivity index (χ0n) is 22.3. The third kappa shape index (κ3) is 8.33. The number of aliphatic hydroxyl groups excluding tert-OH is 1. The molecule has 0 atom stereocenters. The van der Waals surface area contributed by atoms with Crippen molar-refractivity contribution < 1.29 is 27.9 Å². The van der Waals surface area contributed by atoms with E-state index >= 15 is 0 Å². The molecule has 0 unspecified atom stereocenters. The molecule has 0 bridgehead atoms. The van der Waals surface area contributed by atoms with Gasteiger partial charge in [0.1, 0.15) is 5.69 Å². The lowest BCUT2D eigenvalue weighted by molar-refractivity contribution is -0.137. The molecule has 11 nitrogen and oxygen atoms in total. The van der Waals surface area contributed by atoms with E-state index in [1.165, 1.54) is 6.20 Å². The zero-order chi connectivity index (χ0) is 30.0. The minimum absolute atomic E-state index is 0.160. The normalized spacial score (nSPS) is 10.8. The summed E-state index contributed by atoms with van der Waals surface area (Å²) in [5.74, 6) is -0.658. The summed E-state index contributed by atoms with van der Waals surface area (Å²) in [4.78, 5) is 36.7. The van der Waals surface area contributed by atoms with Gasteiger partial charge in [-0.15, -0.1) is 5.10 Å². The Kier molecular flexibility index (Phi) is 10.5. The zero-order valence-corrected chi connectivity index (χ0v) is 22.3. The van der Waals surface area contributed by atoms with Gasteiger partial charge in [-0.3, -0.25) is 14.6 Å². The van der Waals surface area contributed by atoms with E-state index in [-0.39, 0.29) is 30.5 Å². The van der Waals surface area contributed by atoms with Crippen LogP contribution in [0.15, 0.2) is 54.9 Å². The van der Waals surface area contributed by atoms with Gasteiger partial charge in [0.05, 0.1) is 29.8 Å². The fourth-order valence-corrected chi connectivity index (χ4v) is 3.46. The quantitative estimate of drug-likeness (QED) is 0.232. The van der Waals surface area contributed by atoms with Crippen molar-refractivity contribution in [2.45, 2.75) is 13.1 Å². The Morgan fingerprint density at radius 3 is 2.46 bits per heavy atom. The van der Waals surface area contributed by atoms with Crippen molar-refractivity contribution in [2.24, 2.45) is 0 Å². The van der Waals surface area contributed by atoms with Gasteiger partial charge in [0.2, 0.25) is 5.95 Å². The van der Waals surface area contributed by atoms with Gasteiger partial charge in [0, 0.05) is 29.6 Å². The Labute approximate surface area is 233 Å². The second kappa shape index (κ2) is 14.0. The summed E-state index contributed by atoms with van der Waals surface area (Å²) in [7, 11) is 3.75. The minimum atomic E-state index is -4.67. The summed E-state index contributed by atoms with van der Waals surface area (Å²) in [6.07, 6.45) is -2.05. The number of benzene rings is 1. The average molecular weight is 569 g/mol. The molecule has 1 aromatic carbocycles. The molecular formula is C27H27F3N8O3. The van der Waals surface area contributed by atoms with Gasteiger partial charge >= 0.3 is 6.18 Å². The predicted octanol–water partition coefficient (Wildman–Crippen LogP) is 3.63. The Hall–Kier alpha value is -4.82. The summed E-state index contributed by atoms with van der Waals surface area (Å²) in [5, 5.41) is 24.2. The van der Waals surface area contributed by atoms with E-state index in [0.717, 1.165) is 5.56 Å². The van der Waals surface area contributed by atoms with Gasteiger partial charge in [0.15, 0.2) is 12.0 Å². The Balaban J connectivity index is 0.00000147. The lowest BCUT2D eigenvalue weighted by Crippen LogP contribution is -2.16. The van der Waals surface area contributed by atoms with E-state index in [1.54, 1.807) is 36.4 Å². The van der Waals surface area contributed by atoms with Crippen molar-refractivity contribution in [3.05, 3.63) is 77.4 Å². The maximum atomic E-state index is 13.0. The maximum Gasteiger partial charge on any atom is 0.418 e. The van der Waals surface area contributed by atoms with Crippen molar-refractivity contribution in [1.82, 2.24) is 30.5 Å². The molecule has 214 valence electrons. The molecule has 4 aromatic rings. The highest BCUT2D eigenvalue weighted by Gasteiger charge is 2.32. The summed E-state index contributed by atoms with van der Waals surface area (Å²) in [6.45, 7) is 1.84. The number of carbonyl (C=O) groups excluding carboxylic acids is 2. The van der Waals surface area contributed by atoms with E-state index in [4.69, 9.17) is 0 Å². The number of hydrogen-bond donors (Lipinski definition) is 4. The first-order valence-electron chi connectivity index (χ1n) is 12.2. The third-order valence-electron chi connectivity index (χ3n) is 5.30. The van der Waals surface area contributed by atoms with Crippen LogP contribution in [0.25, 0.3) is 22.5 Å².